The number of piperidine rings is 1. The lowest BCUT2D eigenvalue weighted by Gasteiger charge is -2.29. The van der Waals surface area contributed by atoms with Gasteiger partial charge in [-0.1, -0.05) is 23.3 Å². The number of rotatable bonds is 4. The van der Waals surface area contributed by atoms with Crippen molar-refractivity contribution in [2.45, 2.75) is 25.8 Å². The fourth-order valence-electron chi connectivity index (χ4n) is 2.25. The van der Waals surface area contributed by atoms with Gasteiger partial charge in [0, 0.05) is 24.0 Å². The molecule has 106 valence electrons. The van der Waals surface area contributed by atoms with Crippen molar-refractivity contribution < 1.29 is 9.53 Å². The number of hydrogen-bond donors (Lipinski definition) is 0. The number of ether oxygens (including phenoxy) is 1. The van der Waals surface area contributed by atoms with Crippen molar-refractivity contribution in [3.05, 3.63) is 40.3 Å². The van der Waals surface area contributed by atoms with Gasteiger partial charge in [0.05, 0.1) is 0 Å². The Balaban J connectivity index is 1.81. The fourth-order valence-corrected chi connectivity index (χ4v) is 2.25. The lowest BCUT2D eigenvalue weighted by molar-refractivity contribution is -0.134. The summed E-state index contributed by atoms with van der Waals surface area (Å²) in [6.07, 6.45) is 1.44. The van der Waals surface area contributed by atoms with E-state index in [0.717, 1.165) is 24.2 Å². The largest absolute Gasteiger partial charge is 0.484 e. The monoisotopic (exact) mass is 274 g/mol. The molecule has 6 nitrogen and oxygen atoms in total. The van der Waals surface area contributed by atoms with Crippen LogP contribution in [-0.2, 0) is 4.79 Å². The summed E-state index contributed by atoms with van der Waals surface area (Å²) in [5, 5.41) is 3.69. The van der Waals surface area contributed by atoms with Crippen molar-refractivity contribution in [1.29, 1.82) is 0 Å². The summed E-state index contributed by atoms with van der Waals surface area (Å²) in [6, 6.07) is 7.64. The Morgan fingerprint density at radius 3 is 2.80 bits per heavy atom. The Kier molecular flexibility index (Phi) is 4.85. The summed E-state index contributed by atoms with van der Waals surface area (Å²) in [5.41, 5.74) is 9.40. The van der Waals surface area contributed by atoms with Crippen molar-refractivity contribution in [3.63, 3.8) is 0 Å². The molecule has 1 amide bonds. The quantitative estimate of drug-likeness (QED) is 0.480. The lowest BCUT2D eigenvalue weighted by atomic mass is 10.1. The predicted octanol–water partition coefficient (Wildman–Crippen LogP) is 2.68. The van der Waals surface area contributed by atoms with Gasteiger partial charge in [-0.15, -0.1) is 0 Å². The standard InChI is InChI=1S/C14H18N4O2/c1-11-4-2-3-5-13(11)20-10-14(19)18-8-6-12(7-9-18)16-17-15/h2-5,12H,6-10H2,1H3. The molecule has 1 fully saturated rings. The Morgan fingerprint density at radius 2 is 2.15 bits per heavy atom. The lowest BCUT2D eigenvalue weighted by Crippen LogP contribution is -2.41. The molecular weight excluding hydrogens is 256 g/mol. The molecule has 1 aliphatic rings. The van der Waals surface area contributed by atoms with E-state index in [1.165, 1.54) is 0 Å². The van der Waals surface area contributed by atoms with Gasteiger partial charge >= 0.3 is 0 Å². The van der Waals surface area contributed by atoms with Crippen LogP contribution in [0.2, 0.25) is 0 Å². The molecule has 0 saturated carbocycles. The van der Waals surface area contributed by atoms with Crippen LogP contribution in [0.5, 0.6) is 5.75 Å². The van der Waals surface area contributed by atoms with Crippen LogP contribution in [-0.4, -0.2) is 36.5 Å². The van der Waals surface area contributed by atoms with E-state index in [1.807, 2.05) is 31.2 Å². The number of carbonyl (C=O) groups is 1. The van der Waals surface area contributed by atoms with E-state index >= 15 is 0 Å². The molecule has 1 aromatic carbocycles. The van der Waals surface area contributed by atoms with Crippen molar-refractivity contribution >= 4 is 5.91 Å². The molecule has 0 atom stereocenters. The summed E-state index contributed by atoms with van der Waals surface area (Å²) >= 11 is 0. The number of aryl methyl sites for hydroxylation is 1. The van der Waals surface area contributed by atoms with Gasteiger partial charge in [0.2, 0.25) is 0 Å². The van der Waals surface area contributed by atoms with Crippen LogP contribution < -0.4 is 4.74 Å². The molecule has 0 aliphatic carbocycles. The number of likely N-dealkylation sites (tertiary alicyclic amines) is 1. The zero-order chi connectivity index (χ0) is 14.4. The number of azide groups is 1. The van der Waals surface area contributed by atoms with E-state index in [0.29, 0.717) is 13.1 Å². The SMILES string of the molecule is Cc1ccccc1OCC(=O)N1CCC(N=[N+]=[N-])CC1. The molecule has 6 heteroatoms. The van der Waals surface area contributed by atoms with Gasteiger partial charge in [-0.25, -0.2) is 0 Å². The molecule has 0 N–H and O–H groups in total. The summed E-state index contributed by atoms with van der Waals surface area (Å²) in [5.74, 6) is 0.720. The Labute approximate surface area is 118 Å². The number of benzene rings is 1. The molecule has 0 spiro atoms. The molecule has 1 aliphatic heterocycles. The topological polar surface area (TPSA) is 78.3 Å². The Hall–Kier alpha value is -2.20. The summed E-state index contributed by atoms with van der Waals surface area (Å²) in [6.45, 7) is 3.25. The molecule has 20 heavy (non-hydrogen) atoms. The first-order valence-corrected chi connectivity index (χ1v) is 6.71. The van der Waals surface area contributed by atoms with Crippen molar-refractivity contribution in [3.8, 4) is 5.75 Å². The summed E-state index contributed by atoms with van der Waals surface area (Å²) in [7, 11) is 0. The van der Waals surface area contributed by atoms with Gasteiger partial charge in [0.15, 0.2) is 6.61 Å². The van der Waals surface area contributed by atoms with Crippen LogP contribution >= 0.6 is 0 Å². The molecule has 1 heterocycles. The Morgan fingerprint density at radius 1 is 1.45 bits per heavy atom. The molecule has 0 aromatic heterocycles. The van der Waals surface area contributed by atoms with Crippen LogP contribution in [0, 0.1) is 6.92 Å². The third kappa shape index (κ3) is 3.65. The van der Waals surface area contributed by atoms with Crippen LogP contribution in [0.1, 0.15) is 18.4 Å². The molecule has 2 rings (SSSR count). The summed E-state index contributed by atoms with van der Waals surface area (Å²) < 4.78 is 5.55. The van der Waals surface area contributed by atoms with Gasteiger partial charge in [-0.3, -0.25) is 4.79 Å². The maximum absolute atomic E-state index is 12.0. The van der Waals surface area contributed by atoms with E-state index in [1.54, 1.807) is 4.90 Å². The highest BCUT2D eigenvalue weighted by atomic mass is 16.5. The van der Waals surface area contributed by atoms with Crippen LogP contribution in [0.4, 0.5) is 0 Å². The number of para-hydroxylation sites is 1. The van der Waals surface area contributed by atoms with E-state index < -0.39 is 0 Å². The molecular formula is C14H18N4O2. The fraction of sp³-hybridized carbons (Fsp3) is 0.500. The van der Waals surface area contributed by atoms with Gasteiger partial charge in [0.1, 0.15) is 5.75 Å². The highest BCUT2D eigenvalue weighted by molar-refractivity contribution is 5.77. The molecule has 1 saturated heterocycles. The van der Waals surface area contributed by atoms with E-state index in [-0.39, 0.29) is 18.6 Å². The van der Waals surface area contributed by atoms with Gasteiger partial charge in [-0.2, -0.15) is 0 Å². The minimum Gasteiger partial charge on any atom is -0.484 e. The number of hydrogen-bond acceptors (Lipinski definition) is 3. The van der Waals surface area contributed by atoms with Crippen molar-refractivity contribution in [1.82, 2.24) is 4.90 Å². The average Bonchev–Trinajstić information content (AvgIpc) is 2.47. The first-order valence-electron chi connectivity index (χ1n) is 6.71. The zero-order valence-electron chi connectivity index (χ0n) is 11.5. The van der Waals surface area contributed by atoms with Crippen LogP contribution in [0.25, 0.3) is 10.4 Å². The van der Waals surface area contributed by atoms with E-state index in [9.17, 15) is 4.79 Å². The zero-order valence-corrected chi connectivity index (χ0v) is 11.5. The van der Waals surface area contributed by atoms with E-state index in [4.69, 9.17) is 10.3 Å². The first-order chi connectivity index (χ1) is 9.70. The number of amides is 1. The maximum atomic E-state index is 12.0. The number of carbonyl (C=O) groups excluding carboxylic acids is 1. The number of nitrogens with zero attached hydrogens (tertiary/aromatic N) is 4. The van der Waals surface area contributed by atoms with Crippen molar-refractivity contribution in [2.75, 3.05) is 19.7 Å². The van der Waals surface area contributed by atoms with Gasteiger partial charge < -0.3 is 9.64 Å². The average molecular weight is 274 g/mol. The highest BCUT2D eigenvalue weighted by Crippen LogP contribution is 2.17. The summed E-state index contributed by atoms with van der Waals surface area (Å²) in [4.78, 5) is 16.6. The molecule has 0 bridgehead atoms. The predicted molar refractivity (Wildman–Crippen MR) is 75.4 cm³/mol. The second-order valence-corrected chi connectivity index (χ2v) is 4.87. The van der Waals surface area contributed by atoms with Crippen LogP contribution in [0.15, 0.2) is 29.4 Å². The van der Waals surface area contributed by atoms with Gasteiger partial charge in [0.25, 0.3) is 5.91 Å². The highest BCUT2D eigenvalue weighted by Gasteiger charge is 2.22. The van der Waals surface area contributed by atoms with Gasteiger partial charge in [-0.05, 0) is 36.9 Å². The molecule has 0 unspecified atom stereocenters. The van der Waals surface area contributed by atoms with Crippen molar-refractivity contribution in [2.24, 2.45) is 5.11 Å². The first kappa shape index (κ1) is 14.2. The van der Waals surface area contributed by atoms with Crippen LogP contribution in [0.3, 0.4) is 0 Å². The maximum Gasteiger partial charge on any atom is 0.260 e. The third-order valence-corrected chi connectivity index (χ3v) is 3.48. The second kappa shape index (κ2) is 6.82. The second-order valence-electron chi connectivity index (χ2n) is 4.87. The van der Waals surface area contributed by atoms with E-state index in [2.05, 4.69) is 10.0 Å². The smallest absolute Gasteiger partial charge is 0.260 e. The Bertz CT molecular complexity index is 518. The minimum atomic E-state index is -0.0207. The minimum absolute atomic E-state index is 0.0151. The normalized spacial score (nSPS) is 15.6. The molecule has 1 aromatic rings. The molecule has 0 radical (unpaired) electrons. The third-order valence-electron chi connectivity index (χ3n) is 3.48.